The molecule has 2 aliphatic heterocycles. The van der Waals surface area contributed by atoms with Crippen molar-refractivity contribution in [3.8, 4) is 0 Å². The molecular formula is C14H23N3S. The van der Waals surface area contributed by atoms with Crippen LogP contribution >= 0.6 is 12.1 Å². The minimum absolute atomic E-state index is 0.341. The molecule has 0 saturated carbocycles. The molecule has 1 spiro atoms. The van der Waals surface area contributed by atoms with Gasteiger partial charge in [-0.25, -0.2) is 0 Å². The first-order chi connectivity index (χ1) is 8.86. The van der Waals surface area contributed by atoms with Gasteiger partial charge in [-0.05, 0) is 37.6 Å². The normalized spacial score (nSPS) is 20.3. The molecule has 1 aromatic carbocycles. The van der Waals surface area contributed by atoms with Crippen LogP contribution in [0.15, 0.2) is 24.3 Å². The van der Waals surface area contributed by atoms with Crippen molar-refractivity contribution in [2.24, 2.45) is 5.14 Å². The fraction of sp³-hybridized carbons (Fsp3) is 0.571. The number of nitrogens with one attached hydrogen (secondary N) is 1. The number of hydrogen-bond donors (Lipinski definition) is 2. The van der Waals surface area contributed by atoms with Gasteiger partial charge in [-0.2, -0.15) is 0 Å². The van der Waals surface area contributed by atoms with Crippen LogP contribution in [-0.2, 0) is 5.41 Å². The Bertz CT molecular complexity index is 388. The molecule has 3 rings (SSSR count). The zero-order valence-corrected chi connectivity index (χ0v) is 12.1. The third kappa shape index (κ3) is 2.25. The smallest absolute Gasteiger partial charge is 0.0520 e. The van der Waals surface area contributed by atoms with Crippen LogP contribution in [0.4, 0.5) is 5.69 Å². The lowest BCUT2D eigenvalue weighted by molar-refractivity contribution is 0.331. The third-order valence-corrected chi connectivity index (χ3v) is 4.46. The van der Waals surface area contributed by atoms with E-state index >= 15 is 0 Å². The highest BCUT2D eigenvalue weighted by atomic mass is 32.2. The Morgan fingerprint density at radius 1 is 1.22 bits per heavy atom. The van der Waals surface area contributed by atoms with E-state index in [-0.39, 0.29) is 0 Å². The average molecular weight is 265 g/mol. The van der Waals surface area contributed by atoms with Crippen LogP contribution in [0.5, 0.6) is 0 Å². The summed E-state index contributed by atoms with van der Waals surface area (Å²) in [7, 11) is 0. The van der Waals surface area contributed by atoms with Crippen LogP contribution in [-0.4, -0.2) is 19.6 Å². The van der Waals surface area contributed by atoms with Crippen LogP contribution in [0.2, 0.25) is 0 Å². The molecule has 3 nitrogen and oxygen atoms in total. The molecule has 0 radical (unpaired) electrons. The maximum Gasteiger partial charge on any atom is 0.0520 e. The summed E-state index contributed by atoms with van der Waals surface area (Å²) in [6.07, 6.45) is 2.45. The second kappa shape index (κ2) is 5.95. The Morgan fingerprint density at radius 3 is 2.56 bits per heavy atom. The van der Waals surface area contributed by atoms with Gasteiger partial charge in [0.15, 0.2) is 0 Å². The quantitative estimate of drug-likeness (QED) is 0.766. The van der Waals surface area contributed by atoms with Gasteiger partial charge in [0.05, 0.1) is 5.69 Å². The lowest BCUT2D eigenvalue weighted by atomic mass is 9.75. The van der Waals surface area contributed by atoms with Gasteiger partial charge in [0, 0.05) is 24.1 Å². The van der Waals surface area contributed by atoms with E-state index in [1.165, 1.54) is 36.2 Å². The highest BCUT2D eigenvalue weighted by Crippen LogP contribution is 2.47. The number of para-hydroxylation sites is 1. The van der Waals surface area contributed by atoms with E-state index < -0.39 is 0 Å². The van der Waals surface area contributed by atoms with Gasteiger partial charge in [-0.3, -0.25) is 5.14 Å². The van der Waals surface area contributed by atoms with E-state index in [1.807, 2.05) is 13.8 Å². The molecule has 0 aromatic heterocycles. The van der Waals surface area contributed by atoms with Crippen LogP contribution in [0.1, 0.15) is 32.3 Å². The standard InChI is InChI=1S/C12H17N3S.C2H6/c13-16-15-9-12(5-7-14-8-6-12)10-3-1-2-4-11(10)15;1-2/h1-4,14H,5-9,13H2;1-2H3. The van der Waals surface area contributed by atoms with E-state index in [0.29, 0.717) is 5.41 Å². The minimum Gasteiger partial charge on any atom is -0.317 e. The van der Waals surface area contributed by atoms with Gasteiger partial charge in [-0.1, -0.05) is 32.0 Å². The van der Waals surface area contributed by atoms with Crippen molar-refractivity contribution in [3.63, 3.8) is 0 Å². The third-order valence-electron chi connectivity index (χ3n) is 3.88. The topological polar surface area (TPSA) is 41.3 Å². The van der Waals surface area contributed by atoms with Crippen LogP contribution < -0.4 is 14.8 Å². The van der Waals surface area contributed by atoms with Crippen molar-refractivity contribution in [1.29, 1.82) is 0 Å². The van der Waals surface area contributed by atoms with E-state index in [4.69, 9.17) is 5.14 Å². The number of rotatable bonds is 1. The number of anilines is 1. The van der Waals surface area contributed by atoms with Crippen LogP contribution in [0.3, 0.4) is 0 Å². The van der Waals surface area contributed by atoms with Crippen molar-refractivity contribution in [2.45, 2.75) is 32.1 Å². The SMILES string of the molecule is CC.NSN1CC2(CCNCC2)c2ccccc21. The molecule has 0 unspecified atom stereocenters. The molecule has 0 amide bonds. The first-order valence-electron chi connectivity index (χ1n) is 6.80. The largest absolute Gasteiger partial charge is 0.317 e. The molecule has 2 heterocycles. The summed E-state index contributed by atoms with van der Waals surface area (Å²) in [4.78, 5) is 0. The van der Waals surface area contributed by atoms with Crippen molar-refractivity contribution in [3.05, 3.63) is 29.8 Å². The van der Waals surface area contributed by atoms with Crippen molar-refractivity contribution >= 4 is 17.8 Å². The van der Waals surface area contributed by atoms with E-state index in [0.717, 1.165) is 19.6 Å². The molecule has 1 aromatic rings. The average Bonchev–Trinajstić information content (AvgIpc) is 2.77. The molecule has 1 saturated heterocycles. The van der Waals surface area contributed by atoms with E-state index in [2.05, 4.69) is 33.9 Å². The van der Waals surface area contributed by atoms with Gasteiger partial charge >= 0.3 is 0 Å². The van der Waals surface area contributed by atoms with Gasteiger partial charge in [-0.15, -0.1) is 0 Å². The van der Waals surface area contributed by atoms with Crippen molar-refractivity contribution in [2.75, 3.05) is 23.9 Å². The summed E-state index contributed by atoms with van der Waals surface area (Å²) in [6, 6.07) is 8.71. The maximum absolute atomic E-state index is 5.77. The summed E-state index contributed by atoms with van der Waals surface area (Å²) in [6.45, 7) is 7.31. The first kappa shape index (κ1) is 13.7. The summed E-state index contributed by atoms with van der Waals surface area (Å²) in [5.41, 5.74) is 3.15. The Labute approximate surface area is 114 Å². The van der Waals surface area contributed by atoms with Crippen LogP contribution in [0.25, 0.3) is 0 Å². The van der Waals surface area contributed by atoms with Crippen molar-refractivity contribution in [1.82, 2.24) is 5.32 Å². The summed E-state index contributed by atoms with van der Waals surface area (Å²) < 4.78 is 2.24. The predicted octanol–water partition coefficient (Wildman–Crippen LogP) is 2.68. The highest BCUT2D eigenvalue weighted by molar-refractivity contribution is 7.98. The molecule has 0 aliphatic carbocycles. The molecule has 1 fully saturated rings. The lowest BCUT2D eigenvalue weighted by Gasteiger charge is -2.34. The number of nitrogens with two attached hydrogens (primary N) is 1. The van der Waals surface area contributed by atoms with Gasteiger partial charge in [0.25, 0.3) is 0 Å². The molecule has 3 N–H and O–H groups in total. The number of benzene rings is 1. The Hall–Kier alpha value is -0.710. The molecule has 2 aliphatic rings. The monoisotopic (exact) mass is 265 g/mol. The fourth-order valence-corrected chi connectivity index (χ4v) is 3.61. The van der Waals surface area contributed by atoms with Crippen LogP contribution in [0, 0.1) is 0 Å². The van der Waals surface area contributed by atoms with Gasteiger partial charge < -0.3 is 9.62 Å². The summed E-state index contributed by atoms with van der Waals surface area (Å²) in [5, 5.41) is 9.21. The Morgan fingerprint density at radius 2 is 1.89 bits per heavy atom. The summed E-state index contributed by atoms with van der Waals surface area (Å²) >= 11 is 1.36. The lowest BCUT2D eigenvalue weighted by Crippen LogP contribution is -2.42. The van der Waals surface area contributed by atoms with Crippen molar-refractivity contribution < 1.29 is 0 Å². The molecule has 100 valence electrons. The number of nitrogens with zero attached hydrogens (tertiary/aromatic N) is 1. The second-order valence-electron chi connectivity index (χ2n) is 4.69. The highest BCUT2D eigenvalue weighted by Gasteiger charge is 2.43. The minimum atomic E-state index is 0.341. The zero-order valence-electron chi connectivity index (χ0n) is 11.3. The van der Waals surface area contributed by atoms with Gasteiger partial charge in [0.1, 0.15) is 0 Å². The number of fused-ring (bicyclic) bond motifs is 2. The first-order valence-corrected chi connectivity index (χ1v) is 7.64. The second-order valence-corrected chi connectivity index (χ2v) is 5.34. The van der Waals surface area contributed by atoms with E-state index in [9.17, 15) is 0 Å². The molecule has 0 bridgehead atoms. The maximum atomic E-state index is 5.77. The fourth-order valence-electron chi connectivity index (χ4n) is 3.01. The molecule has 0 atom stereocenters. The molecule has 18 heavy (non-hydrogen) atoms. The molecular weight excluding hydrogens is 242 g/mol. The Kier molecular flexibility index (Phi) is 4.54. The summed E-state index contributed by atoms with van der Waals surface area (Å²) in [5.74, 6) is 0. The zero-order chi connectivity index (χ0) is 13.0. The van der Waals surface area contributed by atoms with E-state index in [1.54, 1.807) is 0 Å². The number of hydrogen-bond acceptors (Lipinski definition) is 4. The number of piperidine rings is 1. The molecule has 4 heteroatoms. The predicted molar refractivity (Wildman–Crippen MR) is 80.7 cm³/mol. The van der Waals surface area contributed by atoms with Gasteiger partial charge in [0.2, 0.25) is 0 Å². The Balaban J connectivity index is 0.000000574.